The third kappa shape index (κ3) is 4.04. The van der Waals surface area contributed by atoms with E-state index < -0.39 is 0 Å². The van der Waals surface area contributed by atoms with Gasteiger partial charge in [0.05, 0.1) is 5.56 Å². The van der Waals surface area contributed by atoms with E-state index in [1.165, 1.54) is 0 Å². The van der Waals surface area contributed by atoms with E-state index in [-0.39, 0.29) is 11.7 Å². The van der Waals surface area contributed by atoms with Crippen LogP contribution in [0, 0.1) is 0 Å². The Kier molecular flexibility index (Phi) is 5.90. The first-order valence-electron chi connectivity index (χ1n) is 7.71. The molecule has 0 unspecified atom stereocenters. The van der Waals surface area contributed by atoms with Gasteiger partial charge in [0.1, 0.15) is 0 Å². The second kappa shape index (κ2) is 8.13. The van der Waals surface area contributed by atoms with Crippen molar-refractivity contribution in [3.8, 4) is 0 Å². The van der Waals surface area contributed by atoms with Gasteiger partial charge in [0, 0.05) is 17.7 Å². The summed E-state index contributed by atoms with van der Waals surface area (Å²) in [5.41, 5.74) is 1.48. The van der Waals surface area contributed by atoms with Crippen molar-refractivity contribution in [2.45, 2.75) is 26.2 Å². The molecule has 0 aliphatic carbocycles. The van der Waals surface area contributed by atoms with Crippen LogP contribution in [0.1, 0.15) is 52.5 Å². The smallest absolute Gasteiger partial charge is 0.252 e. The zero-order chi connectivity index (χ0) is 15.8. The van der Waals surface area contributed by atoms with Gasteiger partial charge in [0.15, 0.2) is 5.78 Å². The maximum atomic E-state index is 12.6. The number of hydrogen-bond acceptors (Lipinski definition) is 2. The highest BCUT2D eigenvalue weighted by Gasteiger charge is 2.17. The van der Waals surface area contributed by atoms with Gasteiger partial charge in [-0.3, -0.25) is 9.59 Å². The minimum atomic E-state index is -0.184. The number of nitrogens with one attached hydrogen (secondary N) is 1. The van der Waals surface area contributed by atoms with E-state index >= 15 is 0 Å². The molecular weight excluding hydrogens is 274 g/mol. The SMILES string of the molecule is CCCCCNC(=O)c1ccccc1C(=O)c1ccccc1. The molecule has 2 rings (SSSR count). The summed E-state index contributed by atoms with van der Waals surface area (Å²) in [5, 5.41) is 2.89. The van der Waals surface area contributed by atoms with Gasteiger partial charge in [-0.1, -0.05) is 68.3 Å². The highest BCUT2D eigenvalue weighted by atomic mass is 16.2. The van der Waals surface area contributed by atoms with Gasteiger partial charge in [-0.25, -0.2) is 0 Å². The first kappa shape index (κ1) is 16.0. The molecule has 0 radical (unpaired) electrons. The first-order valence-corrected chi connectivity index (χ1v) is 7.71. The summed E-state index contributed by atoms with van der Waals surface area (Å²) >= 11 is 0. The lowest BCUT2D eigenvalue weighted by atomic mass is 9.98. The molecule has 2 aromatic carbocycles. The highest BCUT2D eigenvalue weighted by Crippen LogP contribution is 2.14. The summed E-state index contributed by atoms with van der Waals surface area (Å²) in [4.78, 5) is 24.9. The fourth-order valence-electron chi connectivity index (χ4n) is 2.30. The molecule has 1 N–H and O–H groups in total. The highest BCUT2D eigenvalue weighted by molar-refractivity contribution is 6.15. The Morgan fingerprint density at radius 3 is 2.18 bits per heavy atom. The van der Waals surface area contributed by atoms with E-state index in [1.54, 1.807) is 36.4 Å². The van der Waals surface area contributed by atoms with E-state index in [2.05, 4.69) is 12.2 Å². The molecule has 1 amide bonds. The van der Waals surface area contributed by atoms with Crippen molar-refractivity contribution in [2.75, 3.05) is 6.54 Å². The standard InChI is InChI=1S/C19H21NO2/c1-2-3-9-14-20-19(22)17-13-8-7-12-16(17)18(21)15-10-5-4-6-11-15/h4-8,10-13H,2-3,9,14H2,1H3,(H,20,22). The topological polar surface area (TPSA) is 46.2 Å². The van der Waals surface area contributed by atoms with Gasteiger partial charge in [0.2, 0.25) is 0 Å². The molecule has 2 aromatic rings. The number of hydrogen-bond donors (Lipinski definition) is 1. The van der Waals surface area contributed by atoms with Crippen molar-refractivity contribution < 1.29 is 9.59 Å². The molecule has 0 fully saturated rings. The summed E-state index contributed by atoms with van der Waals surface area (Å²) in [5.74, 6) is -0.309. The third-order valence-electron chi connectivity index (χ3n) is 3.52. The number of carbonyl (C=O) groups excluding carboxylic acids is 2. The molecule has 0 atom stereocenters. The van der Waals surface area contributed by atoms with Gasteiger partial charge in [-0.15, -0.1) is 0 Å². The monoisotopic (exact) mass is 295 g/mol. The van der Waals surface area contributed by atoms with E-state index in [0.717, 1.165) is 19.3 Å². The van der Waals surface area contributed by atoms with Crippen LogP contribution < -0.4 is 5.32 Å². The van der Waals surface area contributed by atoms with Crippen LogP contribution in [0.3, 0.4) is 0 Å². The van der Waals surface area contributed by atoms with Crippen molar-refractivity contribution in [3.05, 3.63) is 71.3 Å². The van der Waals surface area contributed by atoms with E-state index in [4.69, 9.17) is 0 Å². The Hall–Kier alpha value is -2.42. The normalized spacial score (nSPS) is 10.2. The zero-order valence-electron chi connectivity index (χ0n) is 12.8. The number of benzene rings is 2. The fraction of sp³-hybridized carbons (Fsp3) is 0.263. The quantitative estimate of drug-likeness (QED) is 0.623. The van der Waals surface area contributed by atoms with Crippen LogP contribution in [-0.2, 0) is 0 Å². The first-order chi connectivity index (χ1) is 10.7. The molecule has 0 aromatic heterocycles. The number of amides is 1. The van der Waals surface area contributed by atoms with Crippen molar-refractivity contribution in [2.24, 2.45) is 0 Å². The Morgan fingerprint density at radius 2 is 1.50 bits per heavy atom. The maximum absolute atomic E-state index is 12.6. The molecule has 0 spiro atoms. The van der Waals surface area contributed by atoms with Gasteiger partial charge < -0.3 is 5.32 Å². The van der Waals surface area contributed by atoms with Gasteiger partial charge in [0.25, 0.3) is 5.91 Å². The molecule has 3 nitrogen and oxygen atoms in total. The predicted octanol–water partition coefficient (Wildman–Crippen LogP) is 3.84. The molecule has 3 heteroatoms. The molecule has 0 bridgehead atoms. The molecule has 22 heavy (non-hydrogen) atoms. The van der Waals surface area contributed by atoms with Crippen LogP contribution in [0.15, 0.2) is 54.6 Å². The predicted molar refractivity (Wildman–Crippen MR) is 88.2 cm³/mol. The summed E-state index contributed by atoms with van der Waals surface area (Å²) < 4.78 is 0. The lowest BCUT2D eigenvalue weighted by Crippen LogP contribution is -2.26. The number of rotatable bonds is 7. The van der Waals surface area contributed by atoms with E-state index in [1.807, 2.05) is 18.2 Å². The van der Waals surface area contributed by atoms with Crippen LogP contribution in [0.5, 0.6) is 0 Å². The molecule has 0 saturated carbocycles. The fourth-order valence-corrected chi connectivity index (χ4v) is 2.30. The molecule has 0 aliphatic heterocycles. The summed E-state index contributed by atoms with van der Waals surface area (Å²) in [6.45, 7) is 2.76. The van der Waals surface area contributed by atoms with Crippen molar-refractivity contribution in [1.82, 2.24) is 5.32 Å². The average molecular weight is 295 g/mol. The number of carbonyl (C=O) groups is 2. The van der Waals surface area contributed by atoms with Crippen molar-refractivity contribution in [3.63, 3.8) is 0 Å². The minimum Gasteiger partial charge on any atom is -0.352 e. The minimum absolute atomic E-state index is 0.125. The van der Waals surface area contributed by atoms with Crippen LogP contribution >= 0.6 is 0 Å². The van der Waals surface area contributed by atoms with Crippen LogP contribution in [-0.4, -0.2) is 18.2 Å². The Bertz CT molecular complexity index is 635. The summed E-state index contributed by atoms with van der Waals surface area (Å²) in [7, 11) is 0. The zero-order valence-corrected chi connectivity index (χ0v) is 12.8. The second-order valence-electron chi connectivity index (χ2n) is 5.20. The Labute approximate surface area is 131 Å². The summed E-state index contributed by atoms with van der Waals surface area (Å²) in [6.07, 6.45) is 3.15. The average Bonchev–Trinajstić information content (AvgIpc) is 2.58. The van der Waals surface area contributed by atoms with Crippen molar-refractivity contribution in [1.29, 1.82) is 0 Å². The Balaban J connectivity index is 2.16. The van der Waals surface area contributed by atoms with Crippen molar-refractivity contribution >= 4 is 11.7 Å². The molecular formula is C19H21NO2. The molecule has 114 valence electrons. The molecule has 0 saturated heterocycles. The number of unbranched alkanes of at least 4 members (excludes halogenated alkanes) is 2. The van der Waals surface area contributed by atoms with Gasteiger partial charge in [-0.05, 0) is 12.5 Å². The third-order valence-corrected chi connectivity index (χ3v) is 3.52. The lowest BCUT2D eigenvalue weighted by molar-refractivity contribution is 0.0941. The van der Waals surface area contributed by atoms with Gasteiger partial charge in [-0.2, -0.15) is 0 Å². The molecule has 0 aliphatic rings. The Morgan fingerprint density at radius 1 is 0.864 bits per heavy atom. The van der Waals surface area contributed by atoms with Gasteiger partial charge >= 0.3 is 0 Å². The summed E-state index contributed by atoms with van der Waals surface area (Å²) in [6, 6.07) is 16.0. The largest absolute Gasteiger partial charge is 0.352 e. The maximum Gasteiger partial charge on any atom is 0.252 e. The van der Waals surface area contributed by atoms with E-state index in [0.29, 0.717) is 23.2 Å². The van der Waals surface area contributed by atoms with Crippen LogP contribution in [0.2, 0.25) is 0 Å². The number of ketones is 1. The molecule has 0 heterocycles. The lowest BCUT2D eigenvalue weighted by Gasteiger charge is -2.09. The second-order valence-corrected chi connectivity index (χ2v) is 5.20. The van der Waals surface area contributed by atoms with E-state index in [9.17, 15) is 9.59 Å². The van der Waals surface area contributed by atoms with Crippen LogP contribution in [0.25, 0.3) is 0 Å². The van der Waals surface area contributed by atoms with Crippen LogP contribution in [0.4, 0.5) is 0 Å².